The van der Waals surface area contributed by atoms with Crippen LogP contribution in [0.25, 0.3) is 0 Å². The molecule has 0 spiro atoms. The van der Waals surface area contributed by atoms with Gasteiger partial charge in [0, 0.05) is 30.9 Å². The Morgan fingerprint density at radius 2 is 2.03 bits per heavy atom. The number of carbonyl (C=O) groups excluding carboxylic acids is 1. The molecule has 158 valence electrons. The fraction of sp³-hybridized carbons (Fsp3) is 0.364. The molecule has 3 heterocycles. The molecular weight excluding hydrogens is 404 g/mol. The van der Waals surface area contributed by atoms with E-state index in [1.54, 1.807) is 17.1 Å². The van der Waals surface area contributed by atoms with Crippen molar-refractivity contribution < 1.29 is 13.9 Å². The molecule has 8 heteroatoms. The maximum absolute atomic E-state index is 12.7. The monoisotopic (exact) mass is 428 g/mol. The van der Waals surface area contributed by atoms with Crippen LogP contribution in [0.15, 0.2) is 53.2 Å². The number of nitrogens with zero attached hydrogens (tertiary/aromatic N) is 3. The third-order valence-electron chi connectivity index (χ3n) is 5.22. The predicted octanol–water partition coefficient (Wildman–Crippen LogP) is 3.29. The van der Waals surface area contributed by atoms with Crippen LogP contribution in [0.3, 0.4) is 0 Å². The van der Waals surface area contributed by atoms with Crippen LogP contribution < -0.4 is 5.32 Å². The lowest BCUT2D eigenvalue weighted by Gasteiger charge is -2.33. The molecule has 1 aliphatic heterocycles. The zero-order valence-corrected chi connectivity index (χ0v) is 17.6. The zero-order chi connectivity index (χ0) is 20.9. The highest BCUT2D eigenvalue weighted by Crippen LogP contribution is 2.23. The van der Waals surface area contributed by atoms with Gasteiger partial charge in [-0.1, -0.05) is 29.8 Å². The van der Waals surface area contributed by atoms with Crippen molar-refractivity contribution in [2.45, 2.75) is 19.5 Å². The number of morpholine rings is 1. The molecule has 1 fully saturated rings. The molecule has 0 radical (unpaired) electrons. The number of aromatic nitrogens is 2. The number of furan rings is 1. The highest BCUT2D eigenvalue weighted by Gasteiger charge is 2.26. The number of halogens is 1. The summed E-state index contributed by atoms with van der Waals surface area (Å²) in [7, 11) is 0. The first kappa shape index (κ1) is 20.7. The second kappa shape index (κ2) is 9.47. The number of nitrogens with one attached hydrogen (secondary N) is 1. The van der Waals surface area contributed by atoms with Crippen LogP contribution in [0.5, 0.6) is 0 Å². The van der Waals surface area contributed by atoms with Gasteiger partial charge in [0.25, 0.3) is 5.91 Å². The van der Waals surface area contributed by atoms with Crippen molar-refractivity contribution >= 4 is 17.5 Å². The van der Waals surface area contributed by atoms with Crippen molar-refractivity contribution in [3.05, 3.63) is 76.5 Å². The van der Waals surface area contributed by atoms with E-state index in [2.05, 4.69) is 15.3 Å². The average Bonchev–Trinajstić information content (AvgIpc) is 3.40. The molecule has 7 nitrogen and oxygen atoms in total. The number of amides is 1. The summed E-state index contributed by atoms with van der Waals surface area (Å²) in [5, 5.41) is 8.02. The van der Waals surface area contributed by atoms with Gasteiger partial charge in [0.2, 0.25) is 0 Å². The first-order valence-electron chi connectivity index (χ1n) is 10.0. The standard InChI is InChI=1S/C22H25ClN4O3/c1-16-6-7-21(30-16)20(26-8-10-29-11-9-26)13-24-22(28)18-12-25-27(15-18)14-17-4-2-3-5-19(17)23/h2-7,12,15,20H,8-11,13-14H2,1H3,(H,24,28). The van der Waals surface area contributed by atoms with Gasteiger partial charge in [0.05, 0.1) is 37.6 Å². The van der Waals surface area contributed by atoms with E-state index in [9.17, 15) is 4.79 Å². The zero-order valence-electron chi connectivity index (χ0n) is 16.9. The highest BCUT2D eigenvalue weighted by atomic mass is 35.5. The maximum atomic E-state index is 12.7. The average molecular weight is 429 g/mol. The van der Waals surface area contributed by atoms with Gasteiger partial charge in [-0.05, 0) is 30.7 Å². The van der Waals surface area contributed by atoms with Crippen molar-refractivity contribution in [2.24, 2.45) is 0 Å². The summed E-state index contributed by atoms with van der Waals surface area (Å²) in [5.41, 5.74) is 1.47. The Kier molecular flexibility index (Phi) is 6.52. The fourth-order valence-corrected chi connectivity index (χ4v) is 3.79. The summed E-state index contributed by atoms with van der Waals surface area (Å²) in [5.74, 6) is 1.54. The van der Waals surface area contributed by atoms with E-state index in [-0.39, 0.29) is 11.9 Å². The Bertz CT molecular complexity index is 994. The first-order valence-corrected chi connectivity index (χ1v) is 10.4. The topological polar surface area (TPSA) is 72.5 Å². The van der Waals surface area contributed by atoms with Crippen LogP contribution in [0.1, 0.15) is 33.5 Å². The van der Waals surface area contributed by atoms with Crippen molar-refractivity contribution in [3.8, 4) is 0 Å². The molecular formula is C22H25ClN4O3. The quantitative estimate of drug-likeness (QED) is 0.625. The number of rotatable bonds is 7. The van der Waals surface area contributed by atoms with E-state index >= 15 is 0 Å². The molecule has 1 unspecified atom stereocenters. The lowest BCUT2D eigenvalue weighted by molar-refractivity contribution is 0.0117. The molecule has 0 aliphatic carbocycles. The predicted molar refractivity (Wildman–Crippen MR) is 114 cm³/mol. The van der Waals surface area contributed by atoms with Crippen LogP contribution in [0.4, 0.5) is 0 Å². The largest absolute Gasteiger partial charge is 0.465 e. The van der Waals surface area contributed by atoms with Crippen molar-refractivity contribution in [1.29, 1.82) is 0 Å². The van der Waals surface area contributed by atoms with Crippen LogP contribution >= 0.6 is 11.6 Å². The Labute approximate surface area is 180 Å². The molecule has 2 aromatic heterocycles. The maximum Gasteiger partial charge on any atom is 0.254 e. The minimum absolute atomic E-state index is 0.0373. The van der Waals surface area contributed by atoms with Crippen LogP contribution in [-0.4, -0.2) is 53.4 Å². The van der Waals surface area contributed by atoms with Gasteiger partial charge in [0.1, 0.15) is 11.5 Å². The number of carbonyl (C=O) groups is 1. The molecule has 4 rings (SSSR count). The lowest BCUT2D eigenvalue weighted by atomic mass is 10.1. The minimum atomic E-state index is -0.165. The molecule has 1 aromatic carbocycles. The van der Waals surface area contributed by atoms with E-state index < -0.39 is 0 Å². The number of hydrogen-bond donors (Lipinski definition) is 1. The van der Waals surface area contributed by atoms with E-state index in [0.29, 0.717) is 36.9 Å². The van der Waals surface area contributed by atoms with E-state index in [1.807, 2.05) is 43.3 Å². The Hall–Kier alpha value is -2.61. The molecule has 1 N–H and O–H groups in total. The summed E-state index contributed by atoms with van der Waals surface area (Å²) < 4.78 is 13.0. The smallest absolute Gasteiger partial charge is 0.254 e. The summed E-state index contributed by atoms with van der Waals surface area (Å²) in [4.78, 5) is 15.0. The molecule has 0 bridgehead atoms. The van der Waals surface area contributed by atoms with Crippen molar-refractivity contribution in [1.82, 2.24) is 20.0 Å². The SMILES string of the molecule is Cc1ccc(C(CNC(=O)c2cnn(Cc3ccccc3Cl)c2)N2CCOCC2)o1. The number of ether oxygens (including phenoxy) is 1. The minimum Gasteiger partial charge on any atom is -0.465 e. The number of benzene rings is 1. The van der Waals surface area contributed by atoms with Gasteiger partial charge in [-0.3, -0.25) is 14.4 Å². The van der Waals surface area contributed by atoms with Gasteiger partial charge < -0.3 is 14.5 Å². The molecule has 30 heavy (non-hydrogen) atoms. The second-order valence-corrected chi connectivity index (χ2v) is 7.75. The summed E-state index contributed by atoms with van der Waals surface area (Å²) in [6.45, 7) is 5.84. The van der Waals surface area contributed by atoms with Crippen molar-refractivity contribution in [2.75, 3.05) is 32.8 Å². The summed E-state index contributed by atoms with van der Waals surface area (Å²) in [6, 6.07) is 11.5. The second-order valence-electron chi connectivity index (χ2n) is 7.34. The van der Waals surface area contributed by atoms with Gasteiger partial charge in [-0.15, -0.1) is 0 Å². The van der Waals surface area contributed by atoms with E-state index in [4.69, 9.17) is 20.8 Å². The van der Waals surface area contributed by atoms with Crippen LogP contribution in [-0.2, 0) is 11.3 Å². The Balaban J connectivity index is 1.41. The third-order valence-corrected chi connectivity index (χ3v) is 5.59. The van der Waals surface area contributed by atoms with E-state index in [1.165, 1.54) is 0 Å². The molecule has 1 aliphatic rings. The molecule has 0 saturated carbocycles. The number of hydrogen-bond acceptors (Lipinski definition) is 5. The van der Waals surface area contributed by atoms with Crippen LogP contribution in [0, 0.1) is 6.92 Å². The van der Waals surface area contributed by atoms with Gasteiger partial charge in [-0.25, -0.2) is 0 Å². The summed E-state index contributed by atoms with van der Waals surface area (Å²) >= 11 is 6.22. The molecule has 1 saturated heterocycles. The highest BCUT2D eigenvalue weighted by molar-refractivity contribution is 6.31. The fourth-order valence-electron chi connectivity index (χ4n) is 3.59. The molecule has 1 atom stereocenters. The van der Waals surface area contributed by atoms with Gasteiger partial charge in [-0.2, -0.15) is 5.10 Å². The number of aryl methyl sites for hydroxylation is 1. The first-order chi connectivity index (χ1) is 14.6. The Morgan fingerprint density at radius 3 is 2.77 bits per heavy atom. The Morgan fingerprint density at radius 1 is 1.23 bits per heavy atom. The molecule has 3 aromatic rings. The van der Waals surface area contributed by atoms with Gasteiger partial charge >= 0.3 is 0 Å². The third kappa shape index (κ3) is 4.92. The normalized spacial score (nSPS) is 15.8. The molecule has 1 amide bonds. The van der Waals surface area contributed by atoms with Crippen molar-refractivity contribution in [3.63, 3.8) is 0 Å². The summed E-state index contributed by atoms with van der Waals surface area (Å²) in [6.07, 6.45) is 3.31. The van der Waals surface area contributed by atoms with E-state index in [0.717, 1.165) is 30.2 Å². The van der Waals surface area contributed by atoms with Gasteiger partial charge in [0.15, 0.2) is 0 Å². The lowest BCUT2D eigenvalue weighted by Crippen LogP contribution is -2.43. The van der Waals surface area contributed by atoms with Crippen LogP contribution in [0.2, 0.25) is 5.02 Å².